The molecule has 2 unspecified atom stereocenters. The van der Waals surface area contributed by atoms with Gasteiger partial charge in [-0.05, 0) is 24.6 Å². The molecular formula is C26H56N2O5PS+. The molecule has 0 radical (unpaired) electrons. The van der Waals surface area contributed by atoms with Crippen molar-refractivity contribution in [2.45, 2.75) is 116 Å². The standard InChI is InChI=1S/C26H55N2O5PS/c1-6-7-8-9-10-11-12-13-14-15-16-17-18-19-20-27-26(35)32-22-24(2)21-25(28(3,4)5)23-33-34(29,30)31/h24-25H,6-23H2,1-5H3,(H2-,27,29,30,31,35)/p+1. The van der Waals surface area contributed by atoms with Crippen molar-refractivity contribution in [3.8, 4) is 0 Å². The number of hydrogen-bond acceptors (Lipinski definition) is 4. The van der Waals surface area contributed by atoms with Crippen molar-refractivity contribution >= 4 is 25.2 Å². The second kappa shape index (κ2) is 20.8. The molecule has 9 heteroatoms. The van der Waals surface area contributed by atoms with Gasteiger partial charge in [0.05, 0.1) is 27.7 Å². The third-order valence-corrected chi connectivity index (χ3v) is 7.25. The molecule has 0 aromatic rings. The number of thiocarbonyl (C=S) groups is 1. The van der Waals surface area contributed by atoms with Gasteiger partial charge in [-0.25, -0.2) is 4.57 Å². The normalized spacial score (nSPS) is 14.0. The van der Waals surface area contributed by atoms with Gasteiger partial charge in [0.2, 0.25) is 0 Å². The molecule has 35 heavy (non-hydrogen) atoms. The number of unbranched alkanes of at least 4 members (excludes halogenated alkanes) is 13. The summed E-state index contributed by atoms with van der Waals surface area (Å²) in [5.41, 5.74) is 0. The van der Waals surface area contributed by atoms with Crippen LogP contribution in [-0.2, 0) is 13.8 Å². The third kappa shape index (κ3) is 23.9. The summed E-state index contributed by atoms with van der Waals surface area (Å²) in [7, 11) is 1.50. The molecule has 0 spiro atoms. The van der Waals surface area contributed by atoms with Gasteiger partial charge >= 0.3 is 7.82 Å². The largest absolute Gasteiger partial charge is 0.471 e. The van der Waals surface area contributed by atoms with Gasteiger partial charge in [-0.3, -0.25) is 4.52 Å². The lowest BCUT2D eigenvalue weighted by Crippen LogP contribution is -2.48. The number of quaternary nitrogens is 1. The van der Waals surface area contributed by atoms with Gasteiger partial charge < -0.3 is 24.3 Å². The van der Waals surface area contributed by atoms with Crippen LogP contribution in [0.2, 0.25) is 0 Å². The Balaban J connectivity index is 3.70. The smallest absolute Gasteiger partial charge is 0.469 e. The molecule has 7 nitrogen and oxygen atoms in total. The minimum absolute atomic E-state index is 0.0000603. The molecule has 0 amide bonds. The lowest BCUT2D eigenvalue weighted by atomic mass is 10.0. The Kier molecular flexibility index (Phi) is 20.6. The predicted molar refractivity (Wildman–Crippen MR) is 150 cm³/mol. The van der Waals surface area contributed by atoms with E-state index in [1.54, 1.807) is 0 Å². The van der Waals surface area contributed by atoms with Crippen molar-refractivity contribution in [3.63, 3.8) is 0 Å². The zero-order chi connectivity index (χ0) is 26.6. The Morgan fingerprint density at radius 2 is 1.31 bits per heavy atom. The summed E-state index contributed by atoms with van der Waals surface area (Å²) < 4.78 is 22.1. The number of rotatable bonds is 23. The molecule has 210 valence electrons. The van der Waals surface area contributed by atoms with E-state index >= 15 is 0 Å². The van der Waals surface area contributed by atoms with Crippen LogP contribution in [0.4, 0.5) is 0 Å². The first-order valence-electron chi connectivity index (χ1n) is 13.9. The van der Waals surface area contributed by atoms with Gasteiger partial charge in [0.15, 0.2) is 0 Å². The second-order valence-electron chi connectivity index (χ2n) is 11.0. The summed E-state index contributed by atoms with van der Waals surface area (Å²) in [4.78, 5) is 18.0. The van der Waals surface area contributed by atoms with E-state index in [2.05, 4.69) is 19.2 Å². The molecule has 0 aliphatic rings. The topological polar surface area (TPSA) is 88.0 Å². The fourth-order valence-corrected chi connectivity index (χ4v) is 4.64. The molecule has 0 aliphatic heterocycles. The highest BCUT2D eigenvalue weighted by Crippen LogP contribution is 2.36. The quantitative estimate of drug-likeness (QED) is 0.0586. The number of phosphoric ester groups is 1. The van der Waals surface area contributed by atoms with E-state index in [0.29, 0.717) is 22.7 Å². The monoisotopic (exact) mass is 539 g/mol. The number of nitrogens with one attached hydrogen (secondary N) is 1. The van der Waals surface area contributed by atoms with Crippen LogP contribution in [-0.4, -0.2) is 66.4 Å². The number of ether oxygens (including phenoxy) is 1. The SMILES string of the molecule is CCCCCCCCCCCCCCCCNC(=S)OCC(C)CC(COP(=O)(O)O)[N+](C)(C)C. The molecule has 0 saturated heterocycles. The fourth-order valence-electron chi connectivity index (χ4n) is 4.10. The van der Waals surface area contributed by atoms with Gasteiger partial charge in [-0.1, -0.05) is 97.3 Å². The molecule has 0 heterocycles. The van der Waals surface area contributed by atoms with Gasteiger partial charge in [-0.15, -0.1) is 0 Å². The molecular weight excluding hydrogens is 483 g/mol. The van der Waals surface area contributed by atoms with E-state index in [1.807, 2.05) is 21.1 Å². The van der Waals surface area contributed by atoms with Crippen LogP contribution in [0.15, 0.2) is 0 Å². The van der Waals surface area contributed by atoms with Crippen LogP contribution in [0, 0.1) is 5.92 Å². The van der Waals surface area contributed by atoms with E-state index < -0.39 is 7.82 Å². The van der Waals surface area contributed by atoms with Crippen molar-refractivity contribution in [2.24, 2.45) is 5.92 Å². The van der Waals surface area contributed by atoms with Gasteiger partial charge in [0, 0.05) is 13.0 Å². The summed E-state index contributed by atoms with van der Waals surface area (Å²) in [5.74, 6) is 0.179. The third-order valence-electron chi connectivity index (χ3n) is 6.50. The summed E-state index contributed by atoms with van der Waals surface area (Å²) in [6.07, 6.45) is 19.6. The maximum atomic E-state index is 11.1. The summed E-state index contributed by atoms with van der Waals surface area (Å²) in [6, 6.07) is -0.0571. The highest BCUT2D eigenvalue weighted by Gasteiger charge is 2.29. The zero-order valence-corrected chi connectivity index (χ0v) is 25.0. The van der Waals surface area contributed by atoms with Crippen LogP contribution < -0.4 is 5.32 Å². The Bertz CT molecular complexity index is 568. The highest BCUT2D eigenvalue weighted by molar-refractivity contribution is 7.80. The summed E-state index contributed by atoms with van der Waals surface area (Å²) in [6.45, 7) is 5.63. The molecule has 0 rings (SSSR count). The number of phosphoric acid groups is 1. The Hall–Kier alpha value is -0.240. The molecule has 0 bridgehead atoms. The predicted octanol–water partition coefficient (Wildman–Crippen LogP) is 6.57. The Morgan fingerprint density at radius 3 is 1.74 bits per heavy atom. The summed E-state index contributed by atoms with van der Waals surface area (Å²) >= 11 is 5.29. The van der Waals surface area contributed by atoms with Gasteiger partial charge in [-0.2, -0.15) is 0 Å². The maximum absolute atomic E-state index is 11.1. The number of hydrogen-bond donors (Lipinski definition) is 3. The van der Waals surface area contributed by atoms with E-state index in [0.717, 1.165) is 13.0 Å². The second-order valence-corrected chi connectivity index (χ2v) is 12.6. The van der Waals surface area contributed by atoms with E-state index in [9.17, 15) is 4.57 Å². The van der Waals surface area contributed by atoms with Crippen LogP contribution in [0.3, 0.4) is 0 Å². The van der Waals surface area contributed by atoms with E-state index in [-0.39, 0.29) is 18.6 Å². The average Bonchev–Trinajstić information content (AvgIpc) is 2.76. The lowest BCUT2D eigenvalue weighted by molar-refractivity contribution is -0.897. The molecule has 3 N–H and O–H groups in total. The average molecular weight is 540 g/mol. The van der Waals surface area contributed by atoms with Crippen LogP contribution in [0.1, 0.15) is 110 Å². The van der Waals surface area contributed by atoms with Crippen molar-refractivity contribution in [1.82, 2.24) is 5.32 Å². The highest BCUT2D eigenvalue weighted by atomic mass is 32.1. The first kappa shape index (κ1) is 34.8. The van der Waals surface area contributed by atoms with Gasteiger partial charge in [0.1, 0.15) is 12.6 Å². The molecule has 0 fully saturated rings. The minimum Gasteiger partial charge on any atom is -0.471 e. The van der Waals surface area contributed by atoms with Crippen molar-refractivity contribution in [3.05, 3.63) is 0 Å². The van der Waals surface area contributed by atoms with Crippen LogP contribution in [0.5, 0.6) is 0 Å². The fraction of sp³-hybridized carbons (Fsp3) is 0.962. The molecule has 0 saturated carbocycles. The summed E-state index contributed by atoms with van der Waals surface area (Å²) in [5, 5.41) is 3.62. The minimum atomic E-state index is -4.47. The molecule has 2 atom stereocenters. The molecule has 0 aromatic carbocycles. The van der Waals surface area contributed by atoms with E-state index in [4.69, 9.17) is 31.3 Å². The molecule has 0 aliphatic carbocycles. The van der Waals surface area contributed by atoms with Crippen LogP contribution in [0.25, 0.3) is 0 Å². The Morgan fingerprint density at radius 1 is 0.857 bits per heavy atom. The Labute approximate surface area is 221 Å². The van der Waals surface area contributed by atoms with Crippen molar-refractivity contribution < 1.29 is 28.1 Å². The van der Waals surface area contributed by atoms with E-state index in [1.165, 1.54) is 83.5 Å². The van der Waals surface area contributed by atoms with Crippen LogP contribution >= 0.6 is 20.0 Å². The number of nitrogens with zero attached hydrogens (tertiary/aromatic N) is 1. The maximum Gasteiger partial charge on any atom is 0.469 e. The van der Waals surface area contributed by atoms with Crippen molar-refractivity contribution in [2.75, 3.05) is 40.9 Å². The zero-order valence-electron chi connectivity index (χ0n) is 23.3. The first-order valence-corrected chi connectivity index (χ1v) is 15.8. The number of likely N-dealkylation sites (N-methyl/N-ethyl adjacent to an activating group) is 1. The van der Waals surface area contributed by atoms with Crippen molar-refractivity contribution in [1.29, 1.82) is 0 Å². The van der Waals surface area contributed by atoms with Gasteiger partial charge in [0.25, 0.3) is 5.17 Å². The lowest BCUT2D eigenvalue weighted by Gasteiger charge is -2.35. The first-order chi connectivity index (χ1) is 16.5. The molecule has 0 aromatic heterocycles.